The van der Waals surface area contributed by atoms with E-state index in [1.165, 1.54) is 17.8 Å². The van der Waals surface area contributed by atoms with E-state index in [0.717, 1.165) is 37.3 Å². The molecule has 0 amide bonds. The largest absolute Gasteiger partial charge is 0.494 e. The van der Waals surface area contributed by atoms with Crippen LogP contribution in [0.3, 0.4) is 0 Å². The fourth-order valence-corrected chi connectivity index (χ4v) is 3.26. The van der Waals surface area contributed by atoms with Crippen LogP contribution < -0.4 is 4.90 Å². The number of anilines is 1. The first-order chi connectivity index (χ1) is 12.6. The number of nitrogens with one attached hydrogen (secondary N) is 1. The van der Waals surface area contributed by atoms with Gasteiger partial charge in [-0.3, -0.25) is 4.99 Å². The molecule has 134 valence electrons. The van der Waals surface area contributed by atoms with Gasteiger partial charge in [-0.1, -0.05) is 0 Å². The Morgan fingerprint density at radius 3 is 2.54 bits per heavy atom. The smallest absolute Gasteiger partial charge is 0.198 e. The molecule has 1 aromatic heterocycles. The average molecular weight is 352 g/mol. The molecule has 6 heteroatoms. The van der Waals surface area contributed by atoms with Crippen molar-refractivity contribution in [3.8, 4) is 5.88 Å². The zero-order chi connectivity index (χ0) is 18.1. The fourth-order valence-electron chi connectivity index (χ4n) is 3.26. The summed E-state index contributed by atoms with van der Waals surface area (Å²) in [5.41, 5.74) is 3.11. The Morgan fingerprint density at radius 2 is 1.81 bits per heavy atom. The van der Waals surface area contributed by atoms with E-state index < -0.39 is 0 Å². The summed E-state index contributed by atoms with van der Waals surface area (Å²) in [5, 5.41) is 10.8. The minimum absolute atomic E-state index is 0.0107. The van der Waals surface area contributed by atoms with Gasteiger partial charge < -0.3 is 19.9 Å². The number of hydrogen-bond donors (Lipinski definition) is 2. The van der Waals surface area contributed by atoms with Crippen LogP contribution in [0.5, 0.6) is 5.88 Å². The summed E-state index contributed by atoms with van der Waals surface area (Å²) < 4.78 is 13.3. The van der Waals surface area contributed by atoms with Crippen LogP contribution in [-0.4, -0.2) is 54.4 Å². The molecule has 0 atom stereocenters. The van der Waals surface area contributed by atoms with Crippen molar-refractivity contribution < 1.29 is 9.50 Å². The van der Waals surface area contributed by atoms with E-state index in [4.69, 9.17) is 0 Å². The molecule has 2 heterocycles. The quantitative estimate of drug-likeness (QED) is 0.709. The Bertz CT molecular complexity index is 940. The fraction of sp³-hybridized carbons (Fsp3) is 0.250. The van der Waals surface area contributed by atoms with Crippen LogP contribution in [0.1, 0.15) is 5.56 Å². The standard InChI is InChI=1S/C20H21FN4O/c1-24-8-10-25(11-9-24)16-5-3-15(4-6-16)22-13-18-17-7-2-14(21)12-19(17)23-20(18)26/h2-7,12-13,23,26H,8-11H2,1H3. The Labute approximate surface area is 151 Å². The summed E-state index contributed by atoms with van der Waals surface area (Å²) >= 11 is 0. The second-order valence-corrected chi connectivity index (χ2v) is 6.64. The number of hydrogen-bond acceptors (Lipinski definition) is 4. The van der Waals surface area contributed by atoms with Crippen molar-refractivity contribution in [1.82, 2.24) is 9.88 Å². The third kappa shape index (κ3) is 3.28. The van der Waals surface area contributed by atoms with Crippen molar-refractivity contribution in [3.63, 3.8) is 0 Å². The van der Waals surface area contributed by atoms with E-state index in [9.17, 15) is 9.50 Å². The number of aromatic nitrogens is 1. The highest BCUT2D eigenvalue weighted by molar-refractivity contribution is 6.02. The van der Waals surface area contributed by atoms with Crippen LogP contribution in [0.4, 0.5) is 15.8 Å². The molecule has 0 unspecified atom stereocenters. The van der Waals surface area contributed by atoms with Gasteiger partial charge in [-0.05, 0) is 49.5 Å². The van der Waals surface area contributed by atoms with Gasteiger partial charge in [0.2, 0.25) is 0 Å². The molecule has 0 aliphatic carbocycles. The van der Waals surface area contributed by atoms with Crippen molar-refractivity contribution in [2.45, 2.75) is 0 Å². The van der Waals surface area contributed by atoms with Gasteiger partial charge in [-0.15, -0.1) is 0 Å². The van der Waals surface area contributed by atoms with Crippen molar-refractivity contribution in [2.24, 2.45) is 4.99 Å². The first-order valence-corrected chi connectivity index (χ1v) is 8.68. The molecule has 3 aromatic rings. The van der Waals surface area contributed by atoms with Crippen molar-refractivity contribution >= 4 is 28.5 Å². The molecule has 1 aliphatic heterocycles. The Kier molecular flexibility index (Phi) is 4.34. The van der Waals surface area contributed by atoms with E-state index in [0.29, 0.717) is 11.1 Å². The summed E-state index contributed by atoms with van der Waals surface area (Å²) in [4.78, 5) is 11.9. The van der Waals surface area contributed by atoms with Crippen molar-refractivity contribution in [1.29, 1.82) is 0 Å². The van der Waals surface area contributed by atoms with E-state index >= 15 is 0 Å². The van der Waals surface area contributed by atoms with Gasteiger partial charge >= 0.3 is 0 Å². The van der Waals surface area contributed by atoms with Gasteiger partial charge in [0.1, 0.15) is 5.82 Å². The second-order valence-electron chi connectivity index (χ2n) is 6.64. The second kappa shape index (κ2) is 6.80. The van der Waals surface area contributed by atoms with E-state index in [-0.39, 0.29) is 11.7 Å². The maximum atomic E-state index is 13.3. The number of aromatic hydroxyl groups is 1. The SMILES string of the molecule is CN1CCN(c2ccc(N=Cc3c(O)[nH]c4cc(F)ccc34)cc2)CC1. The Morgan fingerprint density at radius 1 is 1.08 bits per heavy atom. The van der Waals surface area contributed by atoms with Crippen molar-refractivity contribution in [3.05, 3.63) is 53.8 Å². The number of H-pyrrole nitrogens is 1. The van der Waals surface area contributed by atoms with Gasteiger partial charge in [0.25, 0.3) is 0 Å². The molecule has 1 saturated heterocycles. The summed E-state index contributed by atoms with van der Waals surface area (Å²) in [6.45, 7) is 4.19. The number of likely N-dealkylation sites (N-methyl/N-ethyl adjacent to an activating group) is 1. The number of rotatable bonds is 3. The average Bonchev–Trinajstić information content (AvgIpc) is 2.95. The molecule has 1 fully saturated rings. The molecular formula is C20H21FN4O. The molecule has 26 heavy (non-hydrogen) atoms. The number of nitrogens with zero attached hydrogens (tertiary/aromatic N) is 3. The molecule has 4 rings (SSSR count). The highest BCUT2D eigenvalue weighted by atomic mass is 19.1. The van der Waals surface area contributed by atoms with Gasteiger partial charge in [0.15, 0.2) is 5.88 Å². The zero-order valence-corrected chi connectivity index (χ0v) is 14.6. The van der Waals surface area contributed by atoms with E-state index in [1.807, 2.05) is 12.1 Å². The topological polar surface area (TPSA) is 54.9 Å². The maximum Gasteiger partial charge on any atom is 0.198 e. The van der Waals surface area contributed by atoms with Crippen LogP contribution in [-0.2, 0) is 0 Å². The van der Waals surface area contributed by atoms with Gasteiger partial charge in [-0.2, -0.15) is 0 Å². The number of aliphatic imine (C=N–C) groups is 1. The Hall–Kier alpha value is -2.86. The predicted molar refractivity (Wildman–Crippen MR) is 103 cm³/mol. The molecule has 0 radical (unpaired) electrons. The molecule has 1 aliphatic rings. The molecular weight excluding hydrogens is 331 g/mol. The highest BCUT2D eigenvalue weighted by Crippen LogP contribution is 2.27. The summed E-state index contributed by atoms with van der Waals surface area (Å²) in [6, 6.07) is 12.4. The van der Waals surface area contributed by atoms with E-state index in [1.54, 1.807) is 12.3 Å². The van der Waals surface area contributed by atoms with Gasteiger partial charge in [0, 0.05) is 43.5 Å². The molecule has 2 N–H and O–H groups in total. The molecule has 0 spiro atoms. The number of fused-ring (bicyclic) bond motifs is 1. The summed E-state index contributed by atoms with van der Waals surface area (Å²) in [5.74, 6) is -0.356. The lowest BCUT2D eigenvalue weighted by Gasteiger charge is -2.34. The summed E-state index contributed by atoms with van der Waals surface area (Å²) in [7, 11) is 2.14. The maximum absolute atomic E-state index is 13.3. The third-order valence-corrected chi connectivity index (χ3v) is 4.84. The minimum atomic E-state index is -0.346. The van der Waals surface area contributed by atoms with Crippen molar-refractivity contribution in [2.75, 3.05) is 38.1 Å². The predicted octanol–water partition coefficient (Wildman–Crippen LogP) is 3.52. The first kappa shape index (κ1) is 16.6. The van der Waals surface area contributed by atoms with Crippen LogP contribution in [0.25, 0.3) is 10.9 Å². The number of aromatic amines is 1. The first-order valence-electron chi connectivity index (χ1n) is 8.68. The van der Waals surface area contributed by atoms with Crippen LogP contribution >= 0.6 is 0 Å². The number of benzene rings is 2. The lowest BCUT2D eigenvalue weighted by molar-refractivity contribution is 0.313. The number of halogens is 1. The van der Waals surface area contributed by atoms with E-state index in [2.05, 4.69) is 39.0 Å². The van der Waals surface area contributed by atoms with Crippen LogP contribution in [0.2, 0.25) is 0 Å². The molecule has 2 aromatic carbocycles. The molecule has 0 bridgehead atoms. The number of piperazine rings is 1. The monoisotopic (exact) mass is 352 g/mol. The summed E-state index contributed by atoms with van der Waals surface area (Å²) in [6.07, 6.45) is 1.61. The van der Waals surface area contributed by atoms with Crippen LogP contribution in [0.15, 0.2) is 47.5 Å². The third-order valence-electron chi connectivity index (χ3n) is 4.84. The molecule has 5 nitrogen and oxygen atoms in total. The van der Waals surface area contributed by atoms with Gasteiger partial charge in [-0.25, -0.2) is 4.39 Å². The minimum Gasteiger partial charge on any atom is -0.494 e. The highest BCUT2D eigenvalue weighted by Gasteiger charge is 2.14. The lowest BCUT2D eigenvalue weighted by atomic mass is 10.2. The lowest BCUT2D eigenvalue weighted by Crippen LogP contribution is -2.44. The zero-order valence-electron chi connectivity index (χ0n) is 14.6. The normalized spacial score (nSPS) is 16.0. The van der Waals surface area contributed by atoms with Crippen LogP contribution in [0, 0.1) is 5.82 Å². The molecule has 0 saturated carbocycles. The Balaban J connectivity index is 1.53. The van der Waals surface area contributed by atoms with Gasteiger partial charge in [0.05, 0.1) is 16.8 Å².